The van der Waals surface area contributed by atoms with E-state index in [1.807, 2.05) is 6.07 Å². The molecular formula is C28H31F3N4O2. The van der Waals surface area contributed by atoms with Gasteiger partial charge in [-0.2, -0.15) is 5.10 Å². The van der Waals surface area contributed by atoms with E-state index in [-0.39, 0.29) is 17.1 Å². The number of halogens is 3. The van der Waals surface area contributed by atoms with Gasteiger partial charge in [-0.15, -0.1) is 0 Å². The van der Waals surface area contributed by atoms with Crippen LogP contribution in [0.15, 0.2) is 36.8 Å². The summed E-state index contributed by atoms with van der Waals surface area (Å²) in [6.45, 7) is 1.57. The first-order valence-corrected chi connectivity index (χ1v) is 13.2. The molecule has 6 nitrogen and oxygen atoms in total. The summed E-state index contributed by atoms with van der Waals surface area (Å²) in [4.78, 5) is 17.6. The molecular weight excluding hydrogens is 481 g/mol. The third-order valence-corrected chi connectivity index (χ3v) is 9.05. The molecule has 0 bridgehead atoms. The van der Waals surface area contributed by atoms with Gasteiger partial charge in [-0.05, 0) is 81.6 Å². The van der Waals surface area contributed by atoms with Crippen molar-refractivity contribution >= 4 is 11.6 Å². The fourth-order valence-electron chi connectivity index (χ4n) is 6.89. The van der Waals surface area contributed by atoms with Gasteiger partial charge in [0.1, 0.15) is 12.1 Å². The summed E-state index contributed by atoms with van der Waals surface area (Å²) in [7, 11) is 0. The molecule has 2 heterocycles. The second-order valence-corrected chi connectivity index (χ2v) is 11.3. The van der Waals surface area contributed by atoms with Crippen molar-refractivity contribution in [3.8, 4) is 0 Å². The zero-order chi connectivity index (χ0) is 25.9. The second-order valence-electron chi connectivity index (χ2n) is 11.3. The van der Waals surface area contributed by atoms with E-state index in [1.165, 1.54) is 18.5 Å². The monoisotopic (exact) mass is 512 g/mol. The van der Waals surface area contributed by atoms with E-state index in [1.54, 1.807) is 17.6 Å². The number of hydrogen-bond acceptors (Lipinski definition) is 4. The van der Waals surface area contributed by atoms with E-state index in [4.69, 9.17) is 0 Å². The molecule has 2 N–H and O–H groups in total. The van der Waals surface area contributed by atoms with Crippen molar-refractivity contribution in [3.63, 3.8) is 0 Å². The Morgan fingerprint density at radius 3 is 2.62 bits per heavy atom. The number of nitrogens with zero attached hydrogens (tertiary/aromatic N) is 3. The lowest BCUT2D eigenvalue weighted by Crippen LogP contribution is -2.28. The Balaban J connectivity index is 1.18. The molecule has 196 valence electrons. The number of hydrogen-bond donors (Lipinski definition) is 2. The highest BCUT2D eigenvalue weighted by molar-refractivity contribution is 5.94. The number of carbonyl (C=O) groups excluding carboxylic acids is 1. The average Bonchev–Trinajstić information content (AvgIpc) is 3.19. The molecule has 3 aromatic rings. The highest BCUT2D eigenvalue weighted by atomic mass is 19.3. The lowest BCUT2D eigenvalue weighted by atomic mass is 9.72. The van der Waals surface area contributed by atoms with Crippen LogP contribution in [0.4, 0.5) is 13.2 Å². The minimum absolute atomic E-state index is 0.0146. The molecule has 1 amide bonds. The fraction of sp³-hybridized carbons (Fsp3) is 0.536. The summed E-state index contributed by atoms with van der Waals surface area (Å²) in [6, 6.07) is 4.87. The van der Waals surface area contributed by atoms with Gasteiger partial charge in [-0.3, -0.25) is 4.79 Å². The van der Waals surface area contributed by atoms with Crippen LogP contribution in [0.1, 0.15) is 97.3 Å². The Morgan fingerprint density at radius 2 is 1.92 bits per heavy atom. The number of fused-ring (bicyclic) bond motifs is 2. The number of alkyl halides is 2. The molecule has 0 spiro atoms. The van der Waals surface area contributed by atoms with Crippen LogP contribution in [0.25, 0.3) is 5.65 Å². The average molecular weight is 513 g/mol. The Kier molecular flexibility index (Phi) is 6.01. The Labute approximate surface area is 213 Å². The molecule has 2 aromatic heterocycles. The minimum atomic E-state index is -2.93. The zero-order valence-corrected chi connectivity index (χ0v) is 20.7. The molecule has 3 saturated carbocycles. The van der Waals surface area contributed by atoms with Crippen LogP contribution < -0.4 is 5.32 Å². The first-order chi connectivity index (χ1) is 17.7. The summed E-state index contributed by atoms with van der Waals surface area (Å²) < 4.78 is 42.5. The van der Waals surface area contributed by atoms with Crippen LogP contribution in [0.2, 0.25) is 0 Å². The van der Waals surface area contributed by atoms with Gasteiger partial charge in [0.25, 0.3) is 12.3 Å². The smallest absolute Gasteiger partial charge is 0.266 e. The van der Waals surface area contributed by atoms with Gasteiger partial charge in [0.15, 0.2) is 5.65 Å². The molecule has 6 rings (SSSR count). The summed E-state index contributed by atoms with van der Waals surface area (Å²) in [5.74, 6) is 0.567. The maximum absolute atomic E-state index is 14.6. The third-order valence-electron chi connectivity index (χ3n) is 9.05. The van der Waals surface area contributed by atoms with Gasteiger partial charge in [0.05, 0.1) is 22.8 Å². The predicted octanol–water partition coefficient (Wildman–Crippen LogP) is 5.73. The van der Waals surface area contributed by atoms with Gasteiger partial charge in [0.2, 0.25) is 0 Å². The molecule has 3 aliphatic carbocycles. The fourth-order valence-corrected chi connectivity index (χ4v) is 6.89. The molecule has 3 aliphatic rings. The van der Waals surface area contributed by atoms with Crippen molar-refractivity contribution in [3.05, 3.63) is 64.9 Å². The third kappa shape index (κ3) is 4.41. The van der Waals surface area contributed by atoms with Crippen molar-refractivity contribution in [1.82, 2.24) is 19.9 Å². The van der Waals surface area contributed by atoms with Crippen molar-refractivity contribution in [2.24, 2.45) is 17.8 Å². The second kappa shape index (κ2) is 9.11. The van der Waals surface area contributed by atoms with Crippen LogP contribution in [0, 0.1) is 23.6 Å². The number of amides is 1. The van der Waals surface area contributed by atoms with Crippen molar-refractivity contribution in [1.29, 1.82) is 0 Å². The normalized spacial score (nSPS) is 29.9. The predicted molar refractivity (Wildman–Crippen MR) is 131 cm³/mol. The maximum atomic E-state index is 14.6. The van der Waals surface area contributed by atoms with E-state index in [0.717, 1.165) is 62.2 Å². The summed E-state index contributed by atoms with van der Waals surface area (Å²) in [6.07, 6.45) is 7.34. The number of rotatable bonds is 6. The Bertz CT molecular complexity index is 1340. The van der Waals surface area contributed by atoms with E-state index in [2.05, 4.69) is 15.4 Å². The number of nitrogens with one attached hydrogen (secondary N) is 1. The van der Waals surface area contributed by atoms with E-state index < -0.39 is 29.8 Å². The first-order valence-electron chi connectivity index (χ1n) is 13.2. The quantitative estimate of drug-likeness (QED) is 0.442. The van der Waals surface area contributed by atoms with Gasteiger partial charge in [-0.1, -0.05) is 18.2 Å². The number of aromatic nitrogens is 3. The lowest BCUT2D eigenvalue weighted by Gasteiger charge is -2.33. The Hall–Kier alpha value is -2.94. The molecule has 3 fully saturated rings. The van der Waals surface area contributed by atoms with Crippen molar-refractivity contribution in [2.45, 2.75) is 75.9 Å². The highest BCUT2D eigenvalue weighted by Crippen LogP contribution is 2.61. The summed E-state index contributed by atoms with van der Waals surface area (Å²) in [5.41, 5.74) is 1.02. The zero-order valence-electron chi connectivity index (χ0n) is 20.7. The first kappa shape index (κ1) is 24.4. The van der Waals surface area contributed by atoms with Crippen LogP contribution in [-0.2, 0) is 0 Å². The number of pyridine rings is 1. The van der Waals surface area contributed by atoms with Gasteiger partial charge in [0, 0.05) is 17.3 Å². The van der Waals surface area contributed by atoms with E-state index >= 15 is 0 Å². The summed E-state index contributed by atoms with van der Waals surface area (Å²) >= 11 is 0. The molecule has 4 atom stereocenters. The highest BCUT2D eigenvalue weighted by Gasteiger charge is 2.60. The standard InChI is InChI=1S/C28H31F3N4O2/c1-15(21-3-2-4-22(24(21)29)25(30)31)34-27(36)19-10-23(26-32-14-33-35(26)13-19)17-7-5-16(6-8-17)18-9-20-12-28(20,37)11-18/h2-4,10,13-18,20,25,37H,5-9,11-12H2,1H3,(H,34,36)/t15-,16?,17?,18?,20?,28+/m1/s1. The van der Waals surface area contributed by atoms with Crippen molar-refractivity contribution < 1.29 is 23.1 Å². The van der Waals surface area contributed by atoms with Gasteiger partial charge >= 0.3 is 0 Å². The summed E-state index contributed by atoms with van der Waals surface area (Å²) in [5, 5.41) is 17.5. The number of benzene rings is 1. The van der Waals surface area contributed by atoms with Crippen molar-refractivity contribution in [2.75, 3.05) is 0 Å². The molecule has 1 aromatic carbocycles. The lowest BCUT2D eigenvalue weighted by molar-refractivity contribution is 0.0938. The Morgan fingerprint density at radius 1 is 1.16 bits per heavy atom. The van der Waals surface area contributed by atoms with Crippen LogP contribution in [-0.4, -0.2) is 31.2 Å². The molecule has 0 radical (unpaired) electrons. The number of carbonyl (C=O) groups is 1. The topological polar surface area (TPSA) is 79.5 Å². The van der Waals surface area contributed by atoms with Crippen LogP contribution in [0.5, 0.6) is 0 Å². The number of aliphatic hydroxyl groups is 1. The minimum Gasteiger partial charge on any atom is -0.390 e. The molecule has 37 heavy (non-hydrogen) atoms. The van der Waals surface area contributed by atoms with Gasteiger partial charge < -0.3 is 10.4 Å². The van der Waals surface area contributed by atoms with Gasteiger partial charge in [-0.25, -0.2) is 22.7 Å². The van der Waals surface area contributed by atoms with Crippen LogP contribution in [0.3, 0.4) is 0 Å². The molecule has 0 aliphatic heterocycles. The largest absolute Gasteiger partial charge is 0.390 e. The maximum Gasteiger partial charge on any atom is 0.266 e. The van der Waals surface area contributed by atoms with E-state index in [0.29, 0.717) is 23.3 Å². The van der Waals surface area contributed by atoms with E-state index in [9.17, 15) is 23.1 Å². The van der Waals surface area contributed by atoms with Crippen LogP contribution >= 0.6 is 0 Å². The molecule has 9 heteroatoms. The molecule has 0 saturated heterocycles. The molecule has 2 unspecified atom stereocenters. The SMILES string of the molecule is C[C@@H](NC(=O)c1cc(C2CCC(C3CC4C[C@@]4(O)C3)CC2)c2ncnn2c1)c1cccc(C(F)F)c1F.